The fourth-order valence-electron chi connectivity index (χ4n) is 2.53. The van der Waals surface area contributed by atoms with Crippen LogP contribution in [0, 0.1) is 0 Å². The Morgan fingerprint density at radius 1 is 0.875 bits per heavy atom. The van der Waals surface area contributed by atoms with Crippen molar-refractivity contribution in [2.45, 2.75) is 28.2 Å². The van der Waals surface area contributed by atoms with Crippen LogP contribution in [0.25, 0.3) is 0 Å². The fraction of sp³-hybridized carbons (Fsp3) is 0.250. The van der Waals surface area contributed by atoms with E-state index in [4.69, 9.17) is 0 Å². The van der Waals surface area contributed by atoms with Gasteiger partial charge in [-0.2, -0.15) is 0 Å². The summed E-state index contributed by atoms with van der Waals surface area (Å²) in [7, 11) is -7.09. The number of sulfone groups is 1. The van der Waals surface area contributed by atoms with E-state index in [0.717, 1.165) is 29.1 Å². The lowest BCUT2D eigenvalue weighted by atomic mass is 10.1. The average Bonchev–Trinajstić information content (AvgIpc) is 3.27. The molecule has 1 saturated carbocycles. The molecule has 1 N–H and O–H groups in total. The quantitative estimate of drug-likeness (QED) is 0.791. The van der Waals surface area contributed by atoms with Crippen LogP contribution in [0.5, 0.6) is 0 Å². The maximum atomic E-state index is 12.6. The van der Waals surface area contributed by atoms with E-state index in [9.17, 15) is 16.8 Å². The van der Waals surface area contributed by atoms with Gasteiger partial charge >= 0.3 is 0 Å². The highest BCUT2D eigenvalue weighted by Crippen LogP contribution is 2.46. The summed E-state index contributed by atoms with van der Waals surface area (Å²) in [6.07, 6.45) is 2.55. The summed E-state index contributed by atoms with van der Waals surface area (Å²) in [6, 6.07) is 12.8. The Kier molecular flexibility index (Phi) is 4.36. The molecule has 1 aliphatic carbocycles. The van der Waals surface area contributed by atoms with Gasteiger partial charge in [-0.1, -0.05) is 28.1 Å². The zero-order valence-corrected chi connectivity index (χ0v) is 16.1. The molecule has 0 aromatic heterocycles. The second-order valence-corrected chi connectivity index (χ2v) is 10.6. The monoisotopic (exact) mass is 429 g/mol. The molecule has 0 amide bonds. The van der Waals surface area contributed by atoms with Crippen molar-refractivity contribution in [1.29, 1.82) is 0 Å². The van der Waals surface area contributed by atoms with Crippen LogP contribution >= 0.6 is 15.9 Å². The SMILES string of the molecule is CS(=O)(=O)c1ccc(S(=O)(=O)NC2(c3ccc(Br)cc3)CC2)cc1. The van der Waals surface area contributed by atoms with Crippen LogP contribution in [0.1, 0.15) is 18.4 Å². The van der Waals surface area contributed by atoms with E-state index in [2.05, 4.69) is 20.7 Å². The predicted molar refractivity (Wildman–Crippen MR) is 94.9 cm³/mol. The normalized spacial score (nSPS) is 16.8. The molecule has 0 unspecified atom stereocenters. The molecule has 8 heteroatoms. The Morgan fingerprint density at radius 2 is 1.38 bits per heavy atom. The van der Waals surface area contributed by atoms with Crippen molar-refractivity contribution in [2.75, 3.05) is 6.26 Å². The van der Waals surface area contributed by atoms with Crippen molar-refractivity contribution in [2.24, 2.45) is 0 Å². The van der Waals surface area contributed by atoms with Crippen LogP contribution in [-0.2, 0) is 25.4 Å². The predicted octanol–water partition coefficient (Wildman–Crippen LogP) is 2.82. The fourth-order valence-corrected chi connectivity index (χ4v) is 4.87. The molecule has 5 nitrogen and oxygen atoms in total. The van der Waals surface area contributed by atoms with Gasteiger partial charge in [0, 0.05) is 10.7 Å². The van der Waals surface area contributed by atoms with Gasteiger partial charge in [0.15, 0.2) is 9.84 Å². The van der Waals surface area contributed by atoms with Crippen LogP contribution < -0.4 is 4.72 Å². The lowest BCUT2D eigenvalue weighted by Crippen LogP contribution is -2.34. The number of hydrogen-bond donors (Lipinski definition) is 1. The first kappa shape index (κ1) is 17.6. The van der Waals surface area contributed by atoms with E-state index in [1.807, 2.05) is 24.3 Å². The highest BCUT2D eigenvalue weighted by Gasteiger charge is 2.47. The minimum absolute atomic E-state index is 0.0540. The molecule has 2 aromatic carbocycles. The van der Waals surface area contributed by atoms with E-state index in [1.54, 1.807) is 0 Å². The molecular weight excluding hydrogens is 414 g/mol. The maximum absolute atomic E-state index is 12.6. The van der Waals surface area contributed by atoms with E-state index >= 15 is 0 Å². The number of nitrogens with one attached hydrogen (secondary N) is 1. The first-order valence-corrected chi connectivity index (χ1v) is 11.4. The van der Waals surface area contributed by atoms with Gasteiger partial charge < -0.3 is 0 Å². The lowest BCUT2D eigenvalue weighted by molar-refractivity contribution is 0.551. The molecule has 2 aromatic rings. The van der Waals surface area contributed by atoms with Crippen LogP contribution in [0.2, 0.25) is 0 Å². The van der Waals surface area contributed by atoms with Crippen molar-refractivity contribution in [3.8, 4) is 0 Å². The molecule has 128 valence electrons. The minimum atomic E-state index is -3.73. The molecule has 0 atom stereocenters. The van der Waals surface area contributed by atoms with E-state index in [0.29, 0.717) is 0 Å². The van der Waals surface area contributed by atoms with Crippen molar-refractivity contribution in [1.82, 2.24) is 4.72 Å². The summed E-state index contributed by atoms with van der Waals surface area (Å²) < 4.78 is 51.9. The molecule has 1 fully saturated rings. The van der Waals surface area contributed by atoms with E-state index in [-0.39, 0.29) is 9.79 Å². The van der Waals surface area contributed by atoms with Gasteiger partial charge in [-0.3, -0.25) is 0 Å². The lowest BCUT2D eigenvalue weighted by Gasteiger charge is -2.18. The van der Waals surface area contributed by atoms with E-state index < -0.39 is 25.4 Å². The van der Waals surface area contributed by atoms with Crippen LogP contribution in [0.4, 0.5) is 0 Å². The zero-order chi connectivity index (χ0) is 17.6. The van der Waals surface area contributed by atoms with Crippen LogP contribution in [0.3, 0.4) is 0 Å². The minimum Gasteiger partial charge on any atom is -0.224 e. The molecule has 0 bridgehead atoms. The molecule has 0 aliphatic heterocycles. The number of hydrogen-bond acceptors (Lipinski definition) is 4. The third-order valence-electron chi connectivity index (χ3n) is 4.04. The molecule has 3 rings (SSSR count). The Morgan fingerprint density at radius 3 is 1.83 bits per heavy atom. The molecule has 0 heterocycles. The summed E-state index contributed by atoms with van der Waals surface area (Å²) in [4.78, 5) is 0.147. The average molecular weight is 430 g/mol. The molecule has 0 saturated heterocycles. The summed E-state index contributed by atoms with van der Waals surface area (Å²) in [5.74, 6) is 0. The van der Waals surface area contributed by atoms with Gasteiger partial charge in [-0.15, -0.1) is 0 Å². The molecule has 1 aliphatic rings. The van der Waals surface area contributed by atoms with Gasteiger partial charge in [-0.05, 0) is 54.8 Å². The standard InChI is InChI=1S/C16H16BrNO4S2/c1-23(19,20)14-6-8-15(9-7-14)24(21,22)18-16(10-11-16)12-2-4-13(17)5-3-12/h2-9,18H,10-11H2,1H3. The van der Waals surface area contributed by atoms with Crippen molar-refractivity contribution in [3.05, 3.63) is 58.6 Å². The Hall–Kier alpha value is -1.22. The van der Waals surface area contributed by atoms with Gasteiger partial charge in [0.05, 0.1) is 15.3 Å². The molecule has 0 radical (unpaired) electrons. The van der Waals surface area contributed by atoms with Crippen LogP contribution in [0.15, 0.2) is 62.8 Å². The Labute approximate surface area is 150 Å². The maximum Gasteiger partial charge on any atom is 0.241 e. The highest BCUT2D eigenvalue weighted by molar-refractivity contribution is 9.10. The number of benzene rings is 2. The van der Waals surface area contributed by atoms with Crippen molar-refractivity contribution in [3.63, 3.8) is 0 Å². The topological polar surface area (TPSA) is 80.3 Å². The largest absolute Gasteiger partial charge is 0.241 e. The first-order chi connectivity index (χ1) is 11.1. The van der Waals surface area contributed by atoms with Crippen molar-refractivity contribution < 1.29 is 16.8 Å². The summed E-state index contributed by atoms with van der Waals surface area (Å²) in [6.45, 7) is 0. The molecule has 0 spiro atoms. The Bertz CT molecular complexity index is 962. The van der Waals surface area contributed by atoms with Gasteiger partial charge in [0.25, 0.3) is 0 Å². The second-order valence-electron chi connectivity index (χ2n) is 5.94. The molecular formula is C16H16BrNO4S2. The summed E-state index contributed by atoms with van der Waals surface area (Å²) in [5, 5.41) is 0. The smallest absolute Gasteiger partial charge is 0.224 e. The molecule has 24 heavy (non-hydrogen) atoms. The van der Waals surface area contributed by atoms with Gasteiger partial charge in [0.1, 0.15) is 0 Å². The third-order valence-corrected chi connectivity index (χ3v) is 7.25. The summed E-state index contributed by atoms with van der Waals surface area (Å²) in [5.41, 5.74) is 0.344. The van der Waals surface area contributed by atoms with Crippen LogP contribution in [-0.4, -0.2) is 23.1 Å². The second kappa shape index (κ2) is 5.94. The van der Waals surface area contributed by atoms with Gasteiger partial charge in [-0.25, -0.2) is 21.6 Å². The number of rotatable bonds is 5. The first-order valence-electron chi connectivity index (χ1n) is 7.23. The van der Waals surface area contributed by atoms with Gasteiger partial charge in [0.2, 0.25) is 10.0 Å². The zero-order valence-electron chi connectivity index (χ0n) is 12.9. The Balaban J connectivity index is 1.87. The number of sulfonamides is 1. The highest BCUT2D eigenvalue weighted by atomic mass is 79.9. The van der Waals surface area contributed by atoms with E-state index in [1.165, 1.54) is 24.3 Å². The summed E-state index contributed by atoms with van der Waals surface area (Å²) >= 11 is 3.37. The number of halogens is 1. The van der Waals surface area contributed by atoms with Crippen molar-refractivity contribution >= 4 is 35.8 Å². The third kappa shape index (κ3) is 3.56.